The Kier molecular flexibility index (Phi) is 4.39. The Morgan fingerprint density at radius 1 is 1.27 bits per heavy atom. The summed E-state index contributed by atoms with van der Waals surface area (Å²) in [5.74, 6) is 1.81. The molecule has 2 atom stereocenters. The molecular formula is C14H27N. The third kappa shape index (κ3) is 4.38. The number of nitrogens with one attached hydrogen (secondary N) is 1. The van der Waals surface area contributed by atoms with Crippen LogP contribution in [0.2, 0.25) is 0 Å². The molecular weight excluding hydrogens is 182 g/mol. The summed E-state index contributed by atoms with van der Waals surface area (Å²) in [5.41, 5.74) is 1.70. The second-order valence-electron chi connectivity index (χ2n) is 6.04. The maximum Gasteiger partial charge on any atom is 0.00966 e. The molecule has 0 heterocycles. The first-order valence-corrected chi connectivity index (χ1v) is 6.34. The molecule has 0 bridgehead atoms. The molecule has 0 amide bonds. The molecule has 0 aliphatic heterocycles. The summed E-state index contributed by atoms with van der Waals surface area (Å²) in [6, 6.07) is 0. The zero-order chi connectivity index (χ0) is 11.5. The van der Waals surface area contributed by atoms with Crippen LogP contribution in [0.5, 0.6) is 0 Å². The zero-order valence-corrected chi connectivity index (χ0v) is 10.9. The first kappa shape index (κ1) is 12.8. The molecule has 1 aliphatic rings. The van der Waals surface area contributed by atoms with E-state index in [1.54, 1.807) is 0 Å². The highest BCUT2D eigenvalue weighted by atomic mass is 14.9. The molecule has 15 heavy (non-hydrogen) atoms. The molecule has 0 radical (unpaired) electrons. The van der Waals surface area contributed by atoms with Crippen LogP contribution >= 0.6 is 0 Å². The standard InChI is InChI=1S/C14H27N/c1-6-11(2)9-12-7-8-13(12)10-15-14(3,4)5/h12-13,15H,2,6-10H2,1,3-5H3. The summed E-state index contributed by atoms with van der Waals surface area (Å²) >= 11 is 0. The van der Waals surface area contributed by atoms with Crippen LogP contribution in [0.15, 0.2) is 12.2 Å². The van der Waals surface area contributed by atoms with E-state index in [-0.39, 0.29) is 5.54 Å². The van der Waals surface area contributed by atoms with Crippen LogP contribution in [0.1, 0.15) is 53.4 Å². The largest absolute Gasteiger partial charge is 0.312 e. The highest BCUT2D eigenvalue weighted by molar-refractivity contribution is 4.99. The van der Waals surface area contributed by atoms with E-state index in [0.717, 1.165) is 18.3 Å². The lowest BCUT2D eigenvalue weighted by Gasteiger charge is -2.39. The molecule has 88 valence electrons. The van der Waals surface area contributed by atoms with Crippen molar-refractivity contribution in [2.75, 3.05) is 6.54 Å². The maximum absolute atomic E-state index is 4.12. The monoisotopic (exact) mass is 209 g/mol. The topological polar surface area (TPSA) is 12.0 Å². The molecule has 0 spiro atoms. The van der Waals surface area contributed by atoms with E-state index in [1.807, 2.05) is 0 Å². The third-order valence-corrected chi connectivity index (χ3v) is 3.52. The number of allylic oxidation sites excluding steroid dienone is 1. The van der Waals surface area contributed by atoms with E-state index >= 15 is 0 Å². The first-order valence-electron chi connectivity index (χ1n) is 6.34. The molecule has 0 aromatic heterocycles. The van der Waals surface area contributed by atoms with Crippen molar-refractivity contribution in [2.24, 2.45) is 11.8 Å². The van der Waals surface area contributed by atoms with Gasteiger partial charge in [-0.15, -0.1) is 0 Å². The lowest BCUT2D eigenvalue weighted by atomic mass is 9.70. The van der Waals surface area contributed by atoms with Gasteiger partial charge in [-0.25, -0.2) is 0 Å². The quantitative estimate of drug-likeness (QED) is 0.680. The molecule has 0 saturated heterocycles. The van der Waals surface area contributed by atoms with E-state index in [0.29, 0.717) is 0 Å². The lowest BCUT2D eigenvalue weighted by molar-refractivity contribution is 0.159. The highest BCUT2D eigenvalue weighted by Crippen LogP contribution is 2.38. The van der Waals surface area contributed by atoms with Crippen LogP contribution in [0.3, 0.4) is 0 Å². The van der Waals surface area contributed by atoms with Crippen LogP contribution in [0.4, 0.5) is 0 Å². The van der Waals surface area contributed by atoms with E-state index < -0.39 is 0 Å². The van der Waals surface area contributed by atoms with Crippen molar-refractivity contribution in [1.82, 2.24) is 5.32 Å². The van der Waals surface area contributed by atoms with Crippen LogP contribution < -0.4 is 5.32 Å². The molecule has 1 rings (SSSR count). The molecule has 2 unspecified atom stereocenters. The number of hydrogen-bond donors (Lipinski definition) is 1. The molecule has 0 aromatic rings. The van der Waals surface area contributed by atoms with E-state index in [1.165, 1.54) is 31.4 Å². The second kappa shape index (κ2) is 5.16. The maximum atomic E-state index is 4.12. The van der Waals surface area contributed by atoms with Crippen molar-refractivity contribution in [3.63, 3.8) is 0 Å². The number of rotatable bonds is 5. The van der Waals surface area contributed by atoms with Crippen LogP contribution in [0, 0.1) is 11.8 Å². The van der Waals surface area contributed by atoms with Gasteiger partial charge in [0.2, 0.25) is 0 Å². The third-order valence-electron chi connectivity index (χ3n) is 3.52. The Hall–Kier alpha value is -0.300. The van der Waals surface area contributed by atoms with Gasteiger partial charge in [0.25, 0.3) is 0 Å². The number of hydrogen-bond acceptors (Lipinski definition) is 1. The summed E-state index contributed by atoms with van der Waals surface area (Å²) in [6.45, 7) is 14.2. The molecule has 1 saturated carbocycles. The molecule has 1 heteroatoms. The van der Waals surface area contributed by atoms with E-state index in [2.05, 4.69) is 39.6 Å². The van der Waals surface area contributed by atoms with Gasteiger partial charge >= 0.3 is 0 Å². The average Bonchev–Trinajstić information content (AvgIpc) is 2.10. The zero-order valence-electron chi connectivity index (χ0n) is 10.9. The van der Waals surface area contributed by atoms with Crippen molar-refractivity contribution in [3.8, 4) is 0 Å². The summed E-state index contributed by atoms with van der Waals surface area (Å²) in [6.07, 6.45) is 5.23. The molecule has 1 nitrogen and oxygen atoms in total. The highest BCUT2D eigenvalue weighted by Gasteiger charge is 2.31. The summed E-state index contributed by atoms with van der Waals surface area (Å²) in [4.78, 5) is 0. The van der Waals surface area contributed by atoms with Gasteiger partial charge in [0.05, 0.1) is 0 Å². The van der Waals surface area contributed by atoms with E-state index in [9.17, 15) is 0 Å². The van der Waals surface area contributed by atoms with Crippen molar-refractivity contribution in [2.45, 2.75) is 58.9 Å². The van der Waals surface area contributed by atoms with Crippen LogP contribution in [-0.2, 0) is 0 Å². The predicted molar refractivity (Wildman–Crippen MR) is 68.0 cm³/mol. The van der Waals surface area contributed by atoms with Crippen molar-refractivity contribution in [1.29, 1.82) is 0 Å². The molecule has 1 aliphatic carbocycles. The van der Waals surface area contributed by atoms with Gasteiger partial charge in [0.15, 0.2) is 0 Å². The summed E-state index contributed by atoms with van der Waals surface area (Å²) in [7, 11) is 0. The molecule has 1 N–H and O–H groups in total. The Bertz CT molecular complexity index is 212. The van der Waals surface area contributed by atoms with Crippen LogP contribution in [-0.4, -0.2) is 12.1 Å². The average molecular weight is 209 g/mol. The van der Waals surface area contributed by atoms with Gasteiger partial charge in [0.1, 0.15) is 0 Å². The fourth-order valence-electron chi connectivity index (χ4n) is 2.13. The smallest absolute Gasteiger partial charge is 0.00966 e. The predicted octanol–water partition coefficient (Wildman–Crippen LogP) is 3.76. The fraction of sp³-hybridized carbons (Fsp3) is 0.857. The van der Waals surface area contributed by atoms with Crippen molar-refractivity contribution < 1.29 is 0 Å². The van der Waals surface area contributed by atoms with Crippen LogP contribution in [0.25, 0.3) is 0 Å². The Morgan fingerprint density at radius 3 is 2.27 bits per heavy atom. The molecule has 1 fully saturated rings. The Labute approximate surface area is 95.3 Å². The summed E-state index contributed by atoms with van der Waals surface area (Å²) in [5, 5.41) is 3.62. The van der Waals surface area contributed by atoms with E-state index in [4.69, 9.17) is 0 Å². The van der Waals surface area contributed by atoms with Crippen molar-refractivity contribution in [3.05, 3.63) is 12.2 Å². The van der Waals surface area contributed by atoms with Gasteiger partial charge in [-0.1, -0.05) is 19.1 Å². The summed E-state index contributed by atoms with van der Waals surface area (Å²) < 4.78 is 0. The fourth-order valence-corrected chi connectivity index (χ4v) is 2.13. The van der Waals surface area contributed by atoms with Gasteiger partial charge in [-0.2, -0.15) is 0 Å². The Morgan fingerprint density at radius 2 is 1.87 bits per heavy atom. The normalized spacial score (nSPS) is 26.1. The Balaban J connectivity index is 2.24. The van der Waals surface area contributed by atoms with Gasteiger partial charge in [0, 0.05) is 5.54 Å². The SMILES string of the molecule is C=C(CC)CC1CCC1CNC(C)(C)C. The minimum Gasteiger partial charge on any atom is -0.312 e. The van der Waals surface area contributed by atoms with Gasteiger partial charge < -0.3 is 5.32 Å². The van der Waals surface area contributed by atoms with Crippen molar-refractivity contribution >= 4 is 0 Å². The minimum absolute atomic E-state index is 0.266. The lowest BCUT2D eigenvalue weighted by Crippen LogP contribution is -2.43. The van der Waals surface area contributed by atoms with Gasteiger partial charge in [-0.05, 0) is 64.8 Å². The minimum atomic E-state index is 0.266. The second-order valence-corrected chi connectivity index (χ2v) is 6.04. The first-order chi connectivity index (χ1) is 6.92. The van der Waals surface area contributed by atoms with Gasteiger partial charge in [-0.3, -0.25) is 0 Å². The molecule has 0 aromatic carbocycles.